The third-order valence-electron chi connectivity index (χ3n) is 7.48. The molecule has 2 saturated heterocycles. The van der Waals surface area contributed by atoms with E-state index in [2.05, 4.69) is 70.1 Å². The Balaban J connectivity index is 1.60. The first-order chi connectivity index (χ1) is 10.5. The van der Waals surface area contributed by atoms with Gasteiger partial charge in [-0.3, -0.25) is 14.7 Å². The van der Waals surface area contributed by atoms with Crippen molar-refractivity contribution in [1.29, 1.82) is 0 Å². The van der Waals surface area contributed by atoms with Gasteiger partial charge in [-0.1, -0.05) is 13.8 Å². The summed E-state index contributed by atoms with van der Waals surface area (Å²) in [4.78, 5) is 8.03. The van der Waals surface area contributed by atoms with Crippen molar-refractivity contribution in [2.45, 2.75) is 91.9 Å². The molecule has 1 aliphatic carbocycles. The molecule has 23 heavy (non-hydrogen) atoms. The first-order valence-electron chi connectivity index (χ1n) is 9.76. The zero-order chi connectivity index (χ0) is 17.2. The van der Waals surface area contributed by atoms with Gasteiger partial charge in [0.15, 0.2) is 0 Å². The SMILES string of the molecule is CC(C)N1CC2CC1CC2C(C)(C)C(C)N1CN(C(C)(C)C)C1. The van der Waals surface area contributed by atoms with E-state index in [-0.39, 0.29) is 0 Å². The van der Waals surface area contributed by atoms with Crippen molar-refractivity contribution in [2.75, 3.05) is 19.9 Å². The van der Waals surface area contributed by atoms with E-state index >= 15 is 0 Å². The van der Waals surface area contributed by atoms with Gasteiger partial charge in [0.2, 0.25) is 0 Å². The molecule has 2 heterocycles. The Labute approximate surface area is 144 Å². The van der Waals surface area contributed by atoms with Gasteiger partial charge in [-0.15, -0.1) is 0 Å². The molecule has 4 unspecified atom stereocenters. The van der Waals surface area contributed by atoms with Crippen molar-refractivity contribution in [1.82, 2.24) is 14.7 Å². The average Bonchev–Trinajstić information content (AvgIpc) is 2.94. The smallest absolute Gasteiger partial charge is 0.0538 e. The van der Waals surface area contributed by atoms with Crippen LogP contribution in [0.5, 0.6) is 0 Å². The summed E-state index contributed by atoms with van der Waals surface area (Å²) in [6.45, 7) is 22.9. The van der Waals surface area contributed by atoms with Crippen LogP contribution < -0.4 is 0 Å². The number of rotatable bonds is 4. The van der Waals surface area contributed by atoms with E-state index in [0.29, 0.717) is 17.0 Å². The van der Waals surface area contributed by atoms with Crippen LogP contribution in [0, 0.1) is 17.3 Å². The van der Waals surface area contributed by atoms with Gasteiger partial charge in [0.1, 0.15) is 0 Å². The van der Waals surface area contributed by atoms with Crippen LogP contribution in [-0.2, 0) is 0 Å². The van der Waals surface area contributed by atoms with E-state index in [9.17, 15) is 0 Å². The number of fused-ring (bicyclic) bond motifs is 2. The molecular weight excluding hydrogens is 282 g/mol. The van der Waals surface area contributed by atoms with Crippen LogP contribution in [0.3, 0.4) is 0 Å². The van der Waals surface area contributed by atoms with E-state index in [1.165, 1.54) is 19.4 Å². The molecule has 0 N–H and O–H groups in total. The Morgan fingerprint density at radius 3 is 1.96 bits per heavy atom. The van der Waals surface area contributed by atoms with Gasteiger partial charge in [0, 0.05) is 30.2 Å². The van der Waals surface area contributed by atoms with Gasteiger partial charge in [-0.05, 0) is 71.6 Å². The number of piperidine rings is 1. The number of likely N-dealkylation sites (tertiary alicyclic amines) is 1. The highest BCUT2D eigenvalue weighted by Gasteiger charge is 2.53. The molecule has 0 aromatic heterocycles. The monoisotopic (exact) mass is 321 g/mol. The average molecular weight is 322 g/mol. The second-order valence-corrected chi connectivity index (χ2v) is 10.4. The molecule has 3 fully saturated rings. The van der Waals surface area contributed by atoms with Crippen LogP contribution in [0.1, 0.15) is 68.2 Å². The fourth-order valence-electron chi connectivity index (χ4n) is 5.38. The maximum Gasteiger partial charge on any atom is 0.0538 e. The topological polar surface area (TPSA) is 9.72 Å². The molecule has 0 aromatic carbocycles. The number of hydrogen-bond acceptors (Lipinski definition) is 3. The van der Waals surface area contributed by atoms with Crippen molar-refractivity contribution < 1.29 is 0 Å². The maximum atomic E-state index is 2.76. The molecule has 3 rings (SSSR count). The molecular formula is C20H39N3. The van der Waals surface area contributed by atoms with Crippen molar-refractivity contribution in [2.24, 2.45) is 17.3 Å². The largest absolute Gasteiger partial charge is 0.298 e. The minimum atomic E-state index is 0.310. The third kappa shape index (κ3) is 2.98. The molecule has 2 aliphatic heterocycles. The van der Waals surface area contributed by atoms with Gasteiger partial charge in [-0.25, -0.2) is 0 Å². The summed E-state index contributed by atoms with van der Waals surface area (Å²) in [7, 11) is 0. The second-order valence-electron chi connectivity index (χ2n) is 10.4. The molecule has 0 aromatic rings. The van der Waals surface area contributed by atoms with Gasteiger partial charge in [0.05, 0.1) is 13.3 Å². The summed E-state index contributed by atoms with van der Waals surface area (Å²) in [5, 5.41) is 0. The van der Waals surface area contributed by atoms with Crippen LogP contribution >= 0.6 is 0 Å². The highest BCUT2D eigenvalue weighted by molar-refractivity contribution is 5.05. The highest BCUT2D eigenvalue weighted by atomic mass is 15.5. The van der Waals surface area contributed by atoms with Crippen LogP contribution in [0.25, 0.3) is 0 Å². The quantitative estimate of drug-likeness (QED) is 0.779. The fourth-order valence-corrected chi connectivity index (χ4v) is 5.38. The molecule has 1 saturated carbocycles. The predicted molar refractivity (Wildman–Crippen MR) is 98.3 cm³/mol. The Morgan fingerprint density at radius 1 is 0.913 bits per heavy atom. The predicted octanol–water partition coefficient (Wildman–Crippen LogP) is 3.85. The summed E-state index contributed by atoms with van der Waals surface area (Å²) < 4.78 is 0. The Kier molecular flexibility index (Phi) is 4.39. The number of nitrogens with zero attached hydrogens (tertiary/aromatic N) is 3. The maximum absolute atomic E-state index is 2.76. The van der Waals surface area contributed by atoms with E-state index in [4.69, 9.17) is 0 Å². The van der Waals surface area contributed by atoms with E-state index < -0.39 is 0 Å². The standard InChI is InChI=1S/C20H39N3/c1-14(2)23-11-16-9-17(23)10-18(16)20(7,8)15(3)21-12-22(13-21)19(4,5)6/h14-18H,9-13H2,1-8H3. The molecule has 134 valence electrons. The van der Waals surface area contributed by atoms with Crippen molar-refractivity contribution in [3.8, 4) is 0 Å². The van der Waals surface area contributed by atoms with Gasteiger partial charge in [-0.2, -0.15) is 0 Å². The summed E-state index contributed by atoms with van der Waals surface area (Å²) >= 11 is 0. The number of hydrogen-bond donors (Lipinski definition) is 0. The Morgan fingerprint density at radius 2 is 1.52 bits per heavy atom. The Hall–Kier alpha value is -0.120. The molecule has 0 spiro atoms. The molecule has 2 bridgehead atoms. The van der Waals surface area contributed by atoms with E-state index in [0.717, 1.165) is 37.3 Å². The van der Waals surface area contributed by atoms with Crippen LogP contribution in [0.4, 0.5) is 0 Å². The first kappa shape index (κ1) is 17.7. The van der Waals surface area contributed by atoms with Crippen molar-refractivity contribution in [3.63, 3.8) is 0 Å². The zero-order valence-electron chi connectivity index (χ0n) is 16.8. The minimum Gasteiger partial charge on any atom is -0.298 e. The lowest BCUT2D eigenvalue weighted by atomic mass is 9.67. The normalized spacial score (nSPS) is 35.1. The van der Waals surface area contributed by atoms with Gasteiger partial charge < -0.3 is 0 Å². The summed E-state index contributed by atoms with van der Waals surface area (Å²) in [5.74, 6) is 1.83. The zero-order valence-corrected chi connectivity index (χ0v) is 16.8. The van der Waals surface area contributed by atoms with Gasteiger partial charge >= 0.3 is 0 Å². The molecule has 3 heteroatoms. The van der Waals surface area contributed by atoms with Crippen molar-refractivity contribution >= 4 is 0 Å². The molecule has 0 amide bonds. The lowest BCUT2D eigenvalue weighted by molar-refractivity contribution is -0.138. The lowest BCUT2D eigenvalue weighted by Gasteiger charge is -2.57. The second kappa shape index (κ2) is 5.71. The molecule has 0 radical (unpaired) electrons. The molecule has 3 aliphatic rings. The van der Waals surface area contributed by atoms with E-state index in [1.54, 1.807) is 0 Å². The lowest BCUT2D eigenvalue weighted by Crippen LogP contribution is -2.67. The summed E-state index contributed by atoms with van der Waals surface area (Å²) in [6, 6.07) is 2.26. The fraction of sp³-hybridized carbons (Fsp3) is 1.00. The van der Waals surface area contributed by atoms with Crippen LogP contribution in [0.2, 0.25) is 0 Å². The third-order valence-corrected chi connectivity index (χ3v) is 7.48. The summed E-state index contributed by atoms with van der Waals surface area (Å²) in [5.41, 5.74) is 0.733. The minimum absolute atomic E-state index is 0.310. The van der Waals surface area contributed by atoms with Crippen LogP contribution in [-0.4, -0.2) is 58.2 Å². The Bertz CT molecular complexity index is 431. The van der Waals surface area contributed by atoms with Crippen LogP contribution in [0.15, 0.2) is 0 Å². The summed E-state index contributed by atoms with van der Waals surface area (Å²) in [6.07, 6.45) is 2.88. The first-order valence-corrected chi connectivity index (χ1v) is 9.76. The molecule has 4 atom stereocenters. The van der Waals surface area contributed by atoms with Gasteiger partial charge in [0.25, 0.3) is 0 Å². The highest BCUT2D eigenvalue weighted by Crippen LogP contribution is 2.52. The van der Waals surface area contributed by atoms with E-state index in [1.807, 2.05) is 0 Å². The van der Waals surface area contributed by atoms with Crippen molar-refractivity contribution in [3.05, 3.63) is 0 Å². The molecule has 3 nitrogen and oxygen atoms in total.